The molecule has 6 heteroatoms. The zero-order chi connectivity index (χ0) is 28.8. The molecular weight excluding hydrogens is 512 g/mol. The third-order valence-electron chi connectivity index (χ3n) is 9.65. The number of amides is 1. The first-order chi connectivity index (χ1) is 19.9. The van der Waals surface area contributed by atoms with Crippen LogP contribution in [0.3, 0.4) is 0 Å². The number of likely N-dealkylation sites (tertiary alicyclic amines) is 1. The molecule has 1 aliphatic heterocycles. The Morgan fingerprint density at radius 3 is 2.39 bits per heavy atom. The average molecular weight is 559 g/mol. The highest BCUT2D eigenvalue weighted by Gasteiger charge is 2.43. The standard InChI is InChI=1S/C35H46N2O4/c1-3-17-37(34(38)24-41-31-13-9-25(2)10-14-31)30-15-18-36(19-16-30)23-29-21-28(33(35(39)40)20-26-11-12-26)22-32(29)27-7-5-4-6-8-27/h3-10,13-14,26,28-30,32-33H,1,11-12,15-24H2,2H3,(H,39,40)/t28?,29-,32-,33?/m1/s1. The molecule has 3 fully saturated rings. The molecule has 1 heterocycles. The van der Waals surface area contributed by atoms with Crippen LogP contribution in [0.4, 0.5) is 0 Å². The van der Waals surface area contributed by atoms with E-state index in [1.54, 1.807) is 6.08 Å². The molecule has 1 saturated heterocycles. The smallest absolute Gasteiger partial charge is 0.306 e. The van der Waals surface area contributed by atoms with Crippen molar-refractivity contribution in [3.63, 3.8) is 0 Å². The summed E-state index contributed by atoms with van der Waals surface area (Å²) in [6.07, 6.45) is 8.85. The number of benzene rings is 2. The molecule has 5 rings (SSSR count). The summed E-state index contributed by atoms with van der Waals surface area (Å²) in [6, 6.07) is 18.7. The highest BCUT2D eigenvalue weighted by Crippen LogP contribution is 2.49. The second kappa shape index (κ2) is 13.7. The van der Waals surface area contributed by atoms with Crippen molar-refractivity contribution in [2.75, 3.05) is 32.8 Å². The first kappa shape index (κ1) is 29.4. The molecule has 2 unspecified atom stereocenters. The van der Waals surface area contributed by atoms with Crippen LogP contribution < -0.4 is 4.74 Å². The number of nitrogens with zero attached hydrogens (tertiary/aromatic N) is 2. The highest BCUT2D eigenvalue weighted by atomic mass is 16.5. The van der Waals surface area contributed by atoms with Crippen LogP contribution in [-0.2, 0) is 9.59 Å². The van der Waals surface area contributed by atoms with Gasteiger partial charge in [0.15, 0.2) is 6.61 Å². The van der Waals surface area contributed by atoms with E-state index >= 15 is 0 Å². The largest absolute Gasteiger partial charge is 0.484 e. The fourth-order valence-corrected chi connectivity index (χ4v) is 7.22. The van der Waals surface area contributed by atoms with E-state index in [1.165, 1.54) is 18.4 Å². The van der Waals surface area contributed by atoms with Crippen molar-refractivity contribution in [1.29, 1.82) is 0 Å². The lowest BCUT2D eigenvalue weighted by atomic mass is 9.85. The molecule has 1 amide bonds. The summed E-state index contributed by atoms with van der Waals surface area (Å²) in [5, 5.41) is 10.1. The van der Waals surface area contributed by atoms with Gasteiger partial charge in [-0.2, -0.15) is 0 Å². The molecular formula is C35H46N2O4. The summed E-state index contributed by atoms with van der Waals surface area (Å²) in [5.74, 6) is 1.61. The van der Waals surface area contributed by atoms with E-state index in [2.05, 4.69) is 41.8 Å². The lowest BCUT2D eigenvalue weighted by Crippen LogP contribution is -2.49. The molecule has 2 saturated carbocycles. The first-order valence-corrected chi connectivity index (χ1v) is 15.5. The number of ether oxygens (including phenoxy) is 1. The molecule has 2 aromatic carbocycles. The fourth-order valence-electron chi connectivity index (χ4n) is 7.22. The minimum atomic E-state index is -0.603. The quantitative estimate of drug-likeness (QED) is 0.298. The lowest BCUT2D eigenvalue weighted by molar-refractivity contribution is -0.144. The second-order valence-corrected chi connectivity index (χ2v) is 12.6. The van der Waals surface area contributed by atoms with Crippen LogP contribution in [0.25, 0.3) is 0 Å². The van der Waals surface area contributed by atoms with Crippen molar-refractivity contribution < 1.29 is 19.4 Å². The van der Waals surface area contributed by atoms with Gasteiger partial charge in [-0.15, -0.1) is 6.58 Å². The van der Waals surface area contributed by atoms with E-state index in [1.807, 2.05) is 36.1 Å². The van der Waals surface area contributed by atoms with Crippen molar-refractivity contribution in [1.82, 2.24) is 9.80 Å². The average Bonchev–Trinajstić information content (AvgIpc) is 3.72. The number of carbonyl (C=O) groups excluding carboxylic acids is 1. The maximum Gasteiger partial charge on any atom is 0.306 e. The Labute approximate surface area is 245 Å². The molecule has 2 aliphatic carbocycles. The molecule has 3 aliphatic rings. The van der Waals surface area contributed by atoms with Crippen LogP contribution in [0.1, 0.15) is 62.0 Å². The Bertz CT molecular complexity index is 1150. The molecule has 2 aromatic rings. The van der Waals surface area contributed by atoms with Gasteiger partial charge in [0, 0.05) is 32.2 Å². The minimum absolute atomic E-state index is 0.00192. The molecule has 0 spiro atoms. The summed E-state index contributed by atoms with van der Waals surface area (Å²) < 4.78 is 5.80. The third kappa shape index (κ3) is 7.79. The summed E-state index contributed by atoms with van der Waals surface area (Å²) in [5.41, 5.74) is 2.51. The van der Waals surface area contributed by atoms with E-state index < -0.39 is 5.97 Å². The van der Waals surface area contributed by atoms with Gasteiger partial charge in [0.25, 0.3) is 5.91 Å². The number of piperidine rings is 1. The van der Waals surface area contributed by atoms with Gasteiger partial charge in [0.2, 0.25) is 0 Å². The SMILES string of the molecule is C=CCN(C(=O)COc1ccc(C)cc1)C1CCN(C[C@H]2CC(C(CC3CC3)C(=O)O)C[C@@H]2c2ccccc2)CC1. The van der Waals surface area contributed by atoms with Crippen molar-refractivity contribution in [3.8, 4) is 5.75 Å². The van der Waals surface area contributed by atoms with E-state index in [0.717, 1.165) is 57.3 Å². The Kier molecular flexibility index (Phi) is 9.81. The van der Waals surface area contributed by atoms with Crippen LogP contribution in [0, 0.1) is 30.6 Å². The van der Waals surface area contributed by atoms with E-state index in [4.69, 9.17) is 4.74 Å². The number of hydrogen-bond donors (Lipinski definition) is 1. The van der Waals surface area contributed by atoms with Gasteiger partial charge >= 0.3 is 5.97 Å². The van der Waals surface area contributed by atoms with Crippen LogP contribution in [0.15, 0.2) is 67.3 Å². The summed E-state index contributed by atoms with van der Waals surface area (Å²) >= 11 is 0. The number of aliphatic carboxylic acids is 1. The van der Waals surface area contributed by atoms with Crippen LogP contribution in [0.2, 0.25) is 0 Å². The summed E-state index contributed by atoms with van der Waals surface area (Å²) in [6.45, 7) is 9.36. The van der Waals surface area contributed by atoms with Gasteiger partial charge in [-0.3, -0.25) is 9.59 Å². The van der Waals surface area contributed by atoms with Gasteiger partial charge in [-0.1, -0.05) is 66.9 Å². The number of carbonyl (C=O) groups is 2. The van der Waals surface area contributed by atoms with Crippen molar-refractivity contribution >= 4 is 11.9 Å². The maximum atomic E-state index is 13.2. The molecule has 0 bridgehead atoms. The zero-order valence-electron chi connectivity index (χ0n) is 24.5. The maximum absolute atomic E-state index is 13.2. The van der Waals surface area contributed by atoms with Crippen LogP contribution in [-0.4, -0.2) is 65.6 Å². The van der Waals surface area contributed by atoms with E-state index in [9.17, 15) is 14.7 Å². The molecule has 220 valence electrons. The van der Waals surface area contributed by atoms with Gasteiger partial charge in [0.1, 0.15) is 5.75 Å². The molecule has 0 aromatic heterocycles. The Morgan fingerprint density at radius 1 is 1.05 bits per heavy atom. The molecule has 4 atom stereocenters. The molecule has 6 nitrogen and oxygen atoms in total. The van der Waals surface area contributed by atoms with E-state index in [-0.39, 0.29) is 30.4 Å². The number of aryl methyl sites for hydroxylation is 1. The lowest BCUT2D eigenvalue weighted by Gasteiger charge is -2.39. The van der Waals surface area contributed by atoms with Crippen molar-refractivity contribution in [2.45, 2.75) is 63.8 Å². The summed E-state index contributed by atoms with van der Waals surface area (Å²) in [4.78, 5) is 29.9. The minimum Gasteiger partial charge on any atom is -0.484 e. The number of carboxylic acid groups (broad SMARTS) is 1. The predicted molar refractivity (Wildman–Crippen MR) is 162 cm³/mol. The number of carboxylic acids is 1. The fraction of sp³-hybridized carbons (Fsp3) is 0.543. The topological polar surface area (TPSA) is 70.1 Å². The van der Waals surface area contributed by atoms with Crippen molar-refractivity contribution in [3.05, 3.63) is 78.4 Å². The molecule has 1 N–H and O–H groups in total. The van der Waals surface area contributed by atoms with Gasteiger partial charge in [0.05, 0.1) is 5.92 Å². The Morgan fingerprint density at radius 2 is 1.76 bits per heavy atom. The van der Waals surface area contributed by atoms with Crippen LogP contribution in [0.5, 0.6) is 5.75 Å². The number of hydrogen-bond acceptors (Lipinski definition) is 4. The third-order valence-corrected chi connectivity index (χ3v) is 9.65. The number of rotatable bonds is 13. The monoisotopic (exact) mass is 558 g/mol. The molecule has 0 radical (unpaired) electrons. The second-order valence-electron chi connectivity index (χ2n) is 12.6. The first-order valence-electron chi connectivity index (χ1n) is 15.5. The zero-order valence-corrected chi connectivity index (χ0v) is 24.5. The Hall–Kier alpha value is -3.12. The predicted octanol–water partition coefficient (Wildman–Crippen LogP) is 6.16. The normalized spacial score (nSPS) is 24.1. The van der Waals surface area contributed by atoms with Gasteiger partial charge in [-0.25, -0.2) is 0 Å². The molecule has 41 heavy (non-hydrogen) atoms. The van der Waals surface area contributed by atoms with Crippen LogP contribution >= 0.6 is 0 Å². The van der Waals surface area contributed by atoms with E-state index in [0.29, 0.717) is 30.0 Å². The van der Waals surface area contributed by atoms with Crippen molar-refractivity contribution in [2.24, 2.45) is 23.7 Å². The highest BCUT2D eigenvalue weighted by molar-refractivity contribution is 5.78. The van der Waals surface area contributed by atoms with Gasteiger partial charge < -0.3 is 19.6 Å². The summed E-state index contributed by atoms with van der Waals surface area (Å²) in [7, 11) is 0. The van der Waals surface area contributed by atoms with Gasteiger partial charge in [-0.05, 0) is 80.4 Å². The Balaban J connectivity index is 1.18.